The van der Waals surface area contributed by atoms with E-state index in [1.807, 2.05) is 0 Å². The van der Waals surface area contributed by atoms with Crippen molar-refractivity contribution in [3.05, 3.63) is 11.6 Å². The van der Waals surface area contributed by atoms with Crippen LogP contribution in [0.5, 0.6) is 0 Å². The quantitative estimate of drug-likeness (QED) is 0.599. The molecule has 0 aliphatic heterocycles. The van der Waals surface area contributed by atoms with Crippen LogP contribution in [0.2, 0.25) is 0 Å². The molecule has 0 bridgehead atoms. The van der Waals surface area contributed by atoms with Crippen LogP contribution < -0.4 is 0 Å². The van der Waals surface area contributed by atoms with Gasteiger partial charge in [-0.1, -0.05) is 4.57 Å². The van der Waals surface area contributed by atoms with Gasteiger partial charge < -0.3 is 13.8 Å². The van der Waals surface area contributed by atoms with Crippen molar-refractivity contribution in [2.24, 2.45) is 0 Å². The third kappa shape index (κ3) is 4.86. The highest BCUT2D eigenvalue weighted by atomic mass is 31.2. The number of rotatable bonds is 9. The Morgan fingerprint density at radius 3 is 2.06 bits per heavy atom. The molecule has 0 heterocycles. The molecular weight excluding hydrogens is 250 g/mol. The van der Waals surface area contributed by atoms with Crippen molar-refractivity contribution < 1.29 is 22.9 Å². The lowest BCUT2D eigenvalue weighted by atomic mass is 10.9. The maximum absolute atomic E-state index is 12.1. The fraction of sp³-hybridized carbons (Fsp3) is 0.778. The minimum Gasteiger partial charge on any atom is -0.337 e. The van der Waals surface area contributed by atoms with Crippen LogP contribution in [0, 0.1) is 0 Å². The average Bonchev–Trinajstić information content (AvgIpc) is 2.25. The van der Waals surface area contributed by atoms with Gasteiger partial charge in [-0.25, -0.2) is 0 Å². The highest BCUT2D eigenvalue weighted by Crippen LogP contribution is 2.63. The van der Waals surface area contributed by atoms with Crippen LogP contribution in [-0.2, 0) is 22.9 Å². The van der Waals surface area contributed by atoms with Gasteiger partial charge in [-0.2, -0.15) is 0 Å². The molecule has 16 heavy (non-hydrogen) atoms. The predicted octanol–water partition coefficient (Wildman–Crippen LogP) is 3.55. The van der Waals surface area contributed by atoms with Crippen LogP contribution in [0.1, 0.15) is 20.8 Å². The summed E-state index contributed by atoms with van der Waals surface area (Å²) in [6.45, 7) is 9.59. The third-order valence-electron chi connectivity index (χ3n) is 1.61. The first-order valence-corrected chi connectivity index (χ1v) is 8.11. The minimum atomic E-state index is -3.46. The molecule has 0 amide bonds. The third-order valence-corrected chi connectivity index (χ3v) is 5.84. The van der Waals surface area contributed by atoms with Gasteiger partial charge in [-0.15, -0.1) is 0 Å². The van der Waals surface area contributed by atoms with Crippen LogP contribution in [0.3, 0.4) is 0 Å². The van der Waals surface area contributed by atoms with Gasteiger partial charge in [0.05, 0.1) is 13.2 Å². The van der Waals surface area contributed by atoms with Crippen LogP contribution in [0.15, 0.2) is 11.6 Å². The second-order valence-electron chi connectivity index (χ2n) is 2.75. The van der Waals surface area contributed by atoms with Crippen molar-refractivity contribution in [1.29, 1.82) is 0 Å². The van der Waals surface area contributed by atoms with E-state index < -0.39 is 15.4 Å². The molecule has 0 rings (SSSR count). The van der Waals surface area contributed by atoms with Gasteiger partial charge >= 0.3 is 15.4 Å². The molecule has 0 aromatic carbocycles. The molecule has 0 fully saturated rings. The fourth-order valence-electron chi connectivity index (χ4n) is 0.912. The molecule has 5 nitrogen and oxygen atoms in total. The molecule has 0 aliphatic rings. The molecule has 0 radical (unpaired) electrons. The van der Waals surface area contributed by atoms with Crippen molar-refractivity contribution in [2.45, 2.75) is 20.8 Å². The molecule has 0 aliphatic carbocycles. The van der Waals surface area contributed by atoms with E-state index in [0.29, 0.717) is 6.61 Å². The van der Waals surface area contributed by atoms with Gasteiger partial charge in [0.25, 0.3) is 11.4 Å². The summed E-state index contributed by atoms with van der Waals surface area (Å²) < 4.78 is 38.9. The summed E-state index contributed by atoms with van der Waals surface area (Å²) in [7, 11) is -5.40. The molecule has 0 spiro atoms. The SMILES string of the molecule is C=C([P+](=O)COCC)P(=O)(OCC)OCC. The lowest BCUT2D eigenvalue weighted by Crippen LogP contribution is -1.98. The van der Waals surface area contributed by atoms with E-state index in [1.54, 1.807) is 20.8 Å². The van der Waals surface area contributed by atoms with Gasteiger partial charge in [0.15, 0.2) is 0 Å². The summed E-state index contributed by atoms with van der Waals surface area (Å²) in [4.78, 5) is 0. The van der Waals surface area contributed by atoms with Gasteiger partial charge in [0.1, 0.15) is 0 Å². The van der Waals surface area contributed by atoms with E-state index in [-0.39, 0.29) is 24.6 Å². The van der Waals surface area contributed by atoms with Crippen molar-refractivity contribution in [1.82, 2.24) is 0 Å². The maximum Gasteiger partial charge on any atom is 0.413 e. The van der Waals surface area contributed by atoms with Crippen molar-refractivity contribution in [3.63, 3.8) is 0 Å². The van der Waals surface area contributed by atoms with E-state index in [1.165, 1.54) is 0 Å². The van der Waals surface area contributed by atoms with Gasteiger partial charge in [-0.05, 0) is 27.4 Å². The zero-order valence-electron chi connectivity index (χ0n) is 9.97. The number of hydrogen-bond donors (Lipinski definition) is 0. The molecule has 0 saturated heterocycles. The summed E-state index contributed by atoms with van der Waals surface area (Å²) in [5, 5.41) is -0.000324. The minimum absolute atomic E-state index is 0.000324. The number of hydrogen-bond acceptors (Lipinski definition) is 5. The van der Waals surface area contributed by atoms with E-state index in [2.05, 4.69) is 6.58 Å². The first-order valence-electron chi connectivity index (χ1n) is 5.12. The zero-order chi connectivity index (χ0) is 12.6. The fourth-order valence-corrected chi connectivity index (χ4v) is 4.07. The van der Waals surface area contributed by atoms with Crippen molar-refractivity contribution in [3.8, 4) is 0 Å². The second-order valence-corrected chi connectivity index (χ2v) is 6.71. The Labute approximate surface area is 97.5 Å². The Morgan fingerprint density at radius 1 is 1.19 bits per heavy atom. The van der Waals surface area contributed by atoms with Gasteiger partial charge in [-0.3, -0.25) is 4.57 Å². The second kappa shape index (κ2) is 8.10. The topological polar surface area (TPSA) is 61.8 Å². The van der Waals surface area contributed by atoms with Crippen LogP contribution >= 0.6 is 15.4 Å². The van der Waals surface area contributed by atoms with Gasteiger partial charge in [0, 0.05) is 6.61 Å². The maximum atomic E-state index is 12.1. The Morgan fingerprint density at radius 2 is 1.69 bits per heavy atom. The largest absolute Gasteiger partial charge is 0.413 e. The summed E-state index contributed by atoms with van der Waals surface area (Å²) in [5.74, 6) is 0. The van der Waals surface area contributed by atoms with E-state index in [0.717, 1.165) is 0 Å². The lowest BCUT2D eigenvalue weighted by Gasteiger charge is -2.12. The standard InChI is InChI=1S/C9H19O5P2/c1-5-12-8-15(10)9(4)16(11,13-6-2)14-7-3/h4-8H2,1-3H3/q+1. The van der Waals surface area contributed by atoms with E-state index >= 15 is 0 Å². The Hall–Kier alpha value is -0.0500. The zero-order valence-corrected chi connectivity index (χ0v) is 11.8. The van der Waals surface area contributed by atoms with Crippen LogP contribution in [-0.4, -0.2) is 26.2 Å². The Kier molecular flexibility index (Phi) is 8.08. The molecule has 94 valence electrons. The molecular formula is C9H19O5P2+. The normalized spacial score (nSPS) is 12.6. The van der Waals surface area contributed by atoms with Crippen LogP contribution in [0.4, 0.5) is 0 Å². The Bertz CT molecular complexity index is 280. The molecule has 1 atom stereocenters. The molecule has 0 aromatic rings. The highest BCUT2D eigenvalue weighted by Gasteiger charge is 2.42. The van der Waals surface area contributed by atoms with Crippen LogP contribution in [0.25, 0.3) is 0 Å². The van der Waals surface area contributed by atoms with Gasteiger partial charge in [0.2, 0.25) is 0 Å². The lowest BCUT2D eigenvalue weighted by molar-refractivity contribution is 0.193. The van der Waals surface area contributed by atoms with Crippen molar-refractivity contribution >= 4 is 15.4 Å². The summed E-state index contributed by atoms with van der Waals surface area (Å²) in [5.41, 5.74) is 0. The predicted molar refractivity (Wildman–Crippen MR) is 64.1 cm³/mol. The van der Waals surface area contributed by atoms with Crippen molar-refractivity contribution in [2.75, 3.05) is 26.2 Å². The highest BCUT2D eigenvalue weighted by molar-refractivity contribution is 7.74. The smallest absolute Gasteiger partial charge is 0.337 e. The molecule has 0 N–H and O–H groups in total. The number of ether oxygens (including phenoxy) is 1. The molecule has 0 aromatic heterocycles. The molecule has 1 unspecified atom stereocenters. The first kappa shape index (κ1) is 16.0. The monoisotopic (exact) mass is 269 g/mol. The molecule has 0 saturated carbocycles. The first-order chi connectivity index (χ1) is 7.51. The Balaban J connectivity index is 4.61. The summed E-state index contributed by atoms with van der Waals surface area (Å²) in [6.07, 6.45) is -0.00515. The summed E-state index contributed by atoms with van der Waals surface area (Å²) in [6, 6.07) is 0. The van der Waals surface area contributed by atoms with E-state index in [9.17, 15) is 9.13 Å². The molecule has 7 heteroatoms. The summed E-state index contributed by atoms with van der Waals surface area (Å²) >= 11 is 0. The van der Waals surface area contributed by atoms with E-state index in [4.69, 9.17) is 13.8 Å². The average molecular weight is 269 g/mol.